The molecule has 1 amide bonds. The van der Waals surface area contributed by atoms with Gasteiger partial charge < -0.3 is 9.32 Å². The number of amides is 1. The fourth-order valence-electron chi connectivity index (χ4n) is 3.86. The summed E-state index contributed by atoms with van der Waals surface area (Å²) >= 11 is 0. The maximum atomic E-state index is 11.8. The van der Waals surface area contributed by atoms with Crippen molar-refractivity contribution in [3.05, 3.63) is 53.5 Å². The highest BCUT2D eigenvalue weighted by molar-refractivity contribution is 5.92. The van der Waals surface area contributed by atoms with Gasteiger partial charge in [-0.25, -0.2) is 5.43 Å². The first kappa shape index (κ1) is 18.2. The van der Waals surface area contributed by atoms with Crippen LogP contribution in [0.15, 0.2) is 46.1 Å². The summed E-state index contributed by atoms with van der Waals surface area (Å²) in [5.41, 5.74) is 6.29. The smallest absolute Gasteiger partial charge is 0.307 e. The normalized spacial score (nSPS) is 18.8. The fraction of sp³-hybridized carbons (Fsp3) is 0.429. The molecule has 1 aliphatic rings. The molecule has 0 radical (unpaired) electrons. The fourth-order valence-corrected chi connectivity index (χ4v) is 3.86. The minimum atomic E-state index is -0.353. The highest BCUT2D eigenvalue weighted by Gasteiger charge is 2.35. The van der Waals surface area contributed by atoms with Crippen molar-refractivity contribution >= 4 is 17.8 Å². The number of rotatable bonds is 5. The Morgan fingerprint density at radius 1 is 1.42 bits per heavy atom. The number of nitrogens with zero attached hydrogens (tertiary/aromatic N) is 2. The Kier molecular flexibility index (Phi) is 5.16. The largest absolute Gasteiger partial charge is 0.459 e. The summed E-state index contributed by atoms with van der Waals surface area (Å²) in [5, 5.41) is 4.06. The van der Waals surface area contributed by atoms with E-state index in [1.54, 1.807) is 18.3 Å². The first-order valence-corrected chi connectivity index (χ1v) is 9.21. The van der Waals surface area contributed by atoms with Gasteiger partial charge in [-0.2, -0.15) is 5.10 Å². The summed E-state index contributed by atoms with van der Waals surface area (Å²) < 4.78 is 5.05. The third-order valence-corrected chi connectivity index (χ3v) is 4.98. The molecule has 2 aromatic rings. The van der Waals surface area contributed by atoms with Crippen LogP contribution in [0.3, 0.4) is 0 Å². The minimum absolute atomic E-state index is 0.162. The summed E-state index contributed by atoms with van der Waals surface area (Å²) in [6.45, 7) is 10.2. The molecule has 0 saturated heterocycles. The van der Waals surface area contributed by atoms with Crippen LogP contribution in [0, 0.1) is 0 Å². The summed E-state index contributed by atoms with van der Waals surface area (Å²) in [4.78, 5) is 14.4. The lowest BCUT2D eigenvalue weighted by Gasteiger charge is -2.47. The summed E-state index contributed by atoms with van der Waals surface area (Å²) in [6, 6.07) is 9.69. The van der Waals surface area contributed by atoms with Gasteiger partial charge in [0.25, 0.3) is 0 Å². The van der Waals surface area contributed by atoms with E-state index >= 15 is 0 Å². The minimum Gasteiger partial charge on any atom is -0.459 e. The average Bonchev–Trinajstić information content (AvgIpc) is 3.13. The first-order valence-electron chi connectivity index (χ1n) is 9.21. The van der Waals surface area contributed by atoms with Gasteiger partial charge in [0, 0.05) is 17.8 Å². The molecular weight excluding hydrogens is 326 g/mol. The number of hydrazone groups is 1. The maximum Gasteiger partial charge on any atom is 0.307 e. The predicted octanol–water partition coefficient (Wildman–Crippen LogP) is 4.55. The maximum absolute atomic E-state index is 11.8. The van der Waals surface area contributed by atoms with Gasteiger partial charge in [0.2, 0.25) is 0 Å². The summed E-state index contributed by atoms with van der Waals surface area (Å²) in [5.74, 6) is 0.381. The van der Waals surface area contributed by atoms with E-state index in [9.17, 15) is 4.79 Å². The molecule has 1 atom stereocenters. The number of nitrogens with one attached hydrogen (secondary N) is 1. The van der Waals surface area contributed by atoms with Crippen LogP contribution in [-0.4, -0.2) is 24.2 Å². The van der Waals surface area contributed by atoms with Gasteiger partial charge >= 0.3 is 5.91 Å². The number of hydrogen-bond donors (Lipinski definition) is 1. The molecular formula is C21H27N3O2. The van der Waals surface area contributed by atoms with Crippen LogP contribution in [0.1, 0.15) is 68.1 Å². The van der Waals surface area contributed by atoms with Gasteiger partial charge in [-0.3, -0.25) is 4.79 Å². The molecule has 1 aromatic carbocycles. The molecule has 0 bridgehead atoms. The second kappa shape index (κ2) is 7.36. The van der Waals surface area contributed by atoms with Crippen molar-refractivity contribution in [3.8, 4) is 0 Å². The van der Waals surface area contributed by atoms with Crippen molar-refractivity contribution in [1.82, 2.24) is 5.43 Å². The van der Waals surface area contributed by atoms with E-state index in [-0.39, 0.29) is 17.2 Å². The zero-order valence-electron chi connectivity index (χ0n) is 16.0. The Balaban J connectivity index is 1.78. The van der Waals surface area contributed by atoms with Crippen LogP contribution < -0.4 is 10.3 Å². The van der Waals surface area contributed by atoms with Gasteiger partial charge in [0.15, 0.2) is 5.76 Å². The van der Waals surface area contributed by atoms with E-state index in [2.05, 4.69) is 61.3 Å². The number of furan rings is 1. The number of carbonyl (C=O) groups is 1. The monoisotopic (exact) mass is 353 g/mol. The van der Waals surface area contributed by atoms with E-state index in [1.165, 1.54) is 17.5 Å². The number of anilines is 1. The molecule has 5 nitrogen and oxygen atoms in total. The molecule has 1 unspecified atom stereocenters. The van der Waals surface area contributed by atoms with E-state index < -0.39 is 0 Å². The molecule has 138 valence electrons. The van der Waals surface area contributed by atoms with Crippen molar-refractivity contribution in [2.24, 2.45) is 5.10 Å². The van der Waals surface area contributed by atoms with Crippen LogP contribution in [0.2, 0.25) is 0 Å². The van der Waals surface area contributed by atoms with Crippen molar-refractivity contribution in [3.63, 3.8) is 0 Å². The Morgan fingerprint density at radius 2 is 2.23 bits per heavy atom. The van der Waals surface area contributed by atoms with Gasteiger partial charge in [-0.1, -0.05) is 19.9 Å². The van der Waals surface area contributed by atoms with Crippen molar-refractivity contribution < 1.29 is 9.21 Å². The van der Waals surface area contributed by atoms with Gasteiger partial charge in [0.05, 0.1) is 12.5 Å². The molecule has 26 heavy (non-hydrogen) atoms. The Bertz CT molecular complexity index is 794. The second-order valence-electron chi connectivity index (χ2n) is 7.56. The standard InChI is InChI=1S/C21H27N3O2/c1-5-10-24-18-9-8-16(12-17(18)15(2)13-21(24,3)4)14-22-23-20(25)19-7-6-11-26-19/h6-9,11-12,14-15H,5,10,13H2,1-4H3,(H,23,25)/b22-14+. The van der Waals surface area contributed by atoms with Gasteiger partial charge in [-0.05, 0) is 68.0 Å². The van der Waals surface area contributed by atoms with E-state index in [0.29, 0.717) is 5.92 Å². The molecule has 3 rings (SSSR count). The molecule has 1 aliphatic heterocycles. The van der Waals surface area contributed by atoms with Crippen molar-refractivity contribution in [1.29, 1.82) is 0 Å². The second-order valence-corrected chi connectivity index (χ2v) is 7.56. The third kappa shape index (κ3) is 3.66. The van der Waals surface area contributed by atoms with Crippen molar-refractivity contribution in [2.45, 2.75) is 52.0 Å². The molecule has 0 fully saturated rings. The Morgan fingerprint density at radius 3 is 2.92 bits per heavy atom. The van der Waals surface area contributed by atoms with E-state index in [1.807, 2.05) is 0 Å². The lowest BCUT2D eigenvalue weighted by Crippen LogP contribution is -2.48. The molecule has 0 spiro atoms. The SMILES string of the molecule is CCCN1c2ccc(/C=N/NC(=O)c3ccco3)cc2C(C)CC1(C)C. The lowest BCUT2D eigenvalue weighted by atomic mass is 9.79. The Hall–Kier alpha value is -2.56. The molecule has 2 heterocycles. The number of carbonyl (C=O) groups excluding carboxylic acids is 1. The van der Waals surface area contributed by atoms with E-state index in [4.69, 9.17) is 4.42 Å². The number of benzene rings is 1. The third-order valence-electron chi connectivity index (χ3n) is 4.98. The summed E-state index contributed by atoms with van der Waals surface area (Å²) in [6.07, 6.45) is 5.39. The Labute approximate surface area is 155 Å². The quantitative estimate of drug-likeness (QED) is 0.634. The summed E-state index contributed by atoms with van der Waals surface area (Å²) in [7, 11) is 0. The zero-order valence-corrected chi connectivity index (χ0v) is 16.0. The number of fused-ring (bicyclic) bond motifs is 1. The van der Waals surface area contributed by atoms with Crippen LogP contribution in [0.25, 0.3) is 0 Å². The van der Waals surface area contributed by atoms with Crippen LogP contribution in [-0.2, 0) is 0 Å². The highest BCUT2D eigenvalue weighted by Crippen LogP contribution is 2.43. The molecule has 1 N–H and O–H groups in total. The van der Waals surface area contributed by atoms with Crippen LogP contribution >= 0.6 is 0 Å². The topological polar surface area (TPSA) is 57.8 Å². The van der Waals surface area contributed by atoms with Crippen LogP contribution in [0.5, 0.6) is 0 Å². The van der Waals surface area contributed by atoms with E-state index in [0.717, 1.165) is 24.9 Å². The highest BCUT2D eigenvalue weighted by atomic mass is 16.3. The predicted molar refractivity (Wildman–Crippen MR) is 105 cm³/mol. The number of hydrogen-bond acceptors (Lipinski definition) is 4. The average molecular weight is 353 g/mol. The van der Waals surface area contributed by atoms with Crippen LogP contribution in [0.4, 0.5) is 5.69 Å². The molecule has 1 aromatic heterocycles. The zero-order chi connectivity index (χ0) is 18.7. The first-order chi connectivity index (χ1) is 12.4. The molecule has 5 heteroatoms. The lowest BCUT2D eigenvalue weighted by molar-refractivity contribution is 0.0927. The molecule has 0 saturated carbocycles. The molecule has 0 aliphatic carbocycles. The van der Waals surface area contributed by atoms with Gasteiger partial charge in [-0.15, -0.1) is 0 Å². The van der Waals surface area contributed by atoms with Gasteiger partial charge in [0.1, 0.15) is 0 Å². The van der Waals surface area contributed by atoms with Crippen molar-refractivity contribution in [2.75, 3.05) is 11.4 Å².